The molecule has 0 bridgehead atoms. The Morgan fingerprint density at radius 3 is 1.95 bits per heavy atom. The van der Waals surface area contributed by atoms with Gasteiger partial charge in [0.05, 0.1) is 16.6 Å². The third kappa shape index (κ3) is 4.62. The molecule has 1 aliphatic heterocycles. The summed E-state index contributed by atoms with van der Waals surface area (Å²) in [6.45, 7) is 0. The van der Waals surface area contributed by atoms with Crippen molar-refractivity contribution in [2.24, 2.45) is 0 Å². The average molecular weight is 765 g/mol. The molecule has 4 aromatic heterocycles. The molecule has 7 heteroatoms. The predicted octanol–water partition coefficient (Wildman–Crippen LogP) is 9.67. The van der Waals surface area contributed by atoms with Crippen LogP contribution in [0.15, 0.2) is 195 Å². The maximum absolute atomic E-state index is 17.2. The number of halogens is 1. The molecule has 0 N–H and O–H groups in total. The van der Waals surface area contributed by atoms with E-state index in [-0.39, 0.29) is 0 Å². The van der Waals surface area contributed by atoms with Crippen LogP contribution in [0.5, 0.6) is 11.5 Å². The number of para-hydroxylation sites is 2. The van der Waals surface area contributed by atoms with E-state index in [2.05, 4.69) is 118 Å². The van der Waals surface area contributed by atoms with Crippen molar-refractivity contribution in [3.05, 3.63) is 206 Å². The fraction of sp³-hybridized carbons (Fsp3) is 0.0196. The van der Waals surface area contributed by atoms with Crippen molar-refractivity contribution >= 4 is 77.9 Å². The molecule has 1 atom stereocenters. The Morgan fingerprint density at radius 2 is 1.16 bits per heavy atom. The molecular weight excluding hydrogens is 732 g/mol. The van der Waals surface area contributed by atoms with Gasteiger partial charge in [0.25, 0.3) is 0 Å². The van der Waals surface area contributed by atoms with Crippen LogP contribution in [0.4, 0.5) is 4.39 Å². The zero-order valence-corrected chi connectivity index (χ0v) is 32.1. The number of pyridine rings is 2. The normalized spacial score (nSPS) is 13.8. The van der Waals surface area contributed by atoms with Gasteiger partial charge in [0.15, 0.2) is 14.2 Å². The maximum Gasteiger partial charge on any atom is 0.188 e. The summed E-state index contributed by atoms with van der Waals surface area (Å²) in [5.74, 6) is 2.44. The summed E-state index contributed by atoms with van der Waals surface area (Å²) in [4.78, 5) is 9.53. The topological polar surface area (TPSA) is 44.4 Å². The standard InChI is InChI=1S/C51H33FN4OSi/c52-50(33-22-24-37-38-17-7-8-18-42(38)55-28-27-54-51(55)41(37)29-33)34-23-25-39-40-31-48-46(32-44(40)56(43(39)30-34)49-21-11-12-26-53-49)57-45-19-9-10-20-47(45)58(48,35-13-3-1-4-14-35)36-15-5-2-6-16-36/h1-32,50H. The lowest BCUT2D eigenvalue weighted by Crippen LogP contribution is -2.76. The maximum atomic E-state index is 17.2. The number of alkyl halides is 1. The van der Waals surface area contributed by atoms with Crippen molar-refractivity contribution in [1.82, 2.24) is 18.9 Å². The summed E-state index contributed by atoms with van der Waals surface area (Å²) in [6, 6.07) is 61.0. The Labute approximate surface area is 333 Å². The summed E-state index contributed by atoms with van der Waals surface area (Å²) < 4.78 is 28.3. The van der Waals surface area contributed by atoms with Crippen LogP contribution in [0.1, 0.15) is 17.3 Å². The predicted molar refractivity (Wildman–Crippen MR) is 235 cm³/mol. The minimum Gasteiger partial charge on any atom is -0.457 e. The number of hydrogen-bond donors (Lipinski definition) is 0. The van der Waals surface area contributed by atoms with Crippen molar-refractivity contribution in [2.75, 3.05) is 0 Å². The third-order valence-corrected chi connectivity index (χ3v) is 16.9. The monoisotopic (exact) mass is 764 g/mol. The minimum atomic E-state index is -2.89. The molecule has 11 aromatic rings. The molecule has 12 rings (SSSR count). The van der Waals surface area contributed by atoms with Gasteiger partial charge < -0.3 is 4.74 Å². The second-order valence-corrected chi connectivity index (χ2v) is 18.8. The first kappa shape index (κ1) is 32.8. The molecule has 58 heavy (non-hydrogen) atoms. The molecular formula is C51H33FN4OSi. The summed E-state index contributed by atoms with van der Waals surface area (Å²) in [5.41, 5.74) is 4.86. The summed E-state index contributed by atoms with van der Waals surface area (Å²) >= 11 is 0. The van der Waals surface area contributed by atoms with Gasteiger partial charge in [-0.2, -0.15) is 0 Å². The van der Waals surface area contributed by atoms with Gasteiger partial charge in [-0.05, 0) is 79.7 Å². The molecule has 5 nitrogen and oxygen atoms in total. The van der Waals surface area contributed by atoms with Crippen molar-refractivity contribution in [2.45, 2.75) is 6.17 Å². The van der Waals surface area contributed by atoms with Crippen LogP contribution in [0.2, 0.25) is 0 Å². The summed E-state index contributed by atoms with van der Waals surface area (Å²) in [6.07, 6.45) is 4.19. The fourth-order valence-electron chi connectivity index (χ4n) is 9.56. The fourth-order valence-corrected chi connectivity index (χ4v) is 14.5. The highest BCUT2D eigenvalue weighted by molar-refractivity contribution is 7.20. The number of imidazole rings is 1. The highest BCUT2D eigenvalue weighted by Crippen LogP contribution is 2.40. The number of aromatic nitrogens is 4. The van der Waals surface area contributed by atoms with E-state index in [0.29, 0.717) is 11.1 Å². The molecule has 0 spiro atoms. The van der Waals surface area contributed by atoms with Crippen LogP contribution >= 0.6 is 0 Å². The molecule has 1 unspecified atom stereocenters. The quantitative estimate of drug-likeness (QED) is 0.130. The first-order chi connectivity index (χ1) is 28.7. The van der Waals surface area contributed by atoms with Gasteiger partial charge in [0.1, 0.15) is 23.0 Å². The van der Waals surface area contributed by atoms with Crippen molar-refractivity contribution in [1.29, 1.82) is 0 Å². The van der Waals surface area contributed by atoms with Gasteiger partial charge in [-0.15, -0.1) is 0 Å². The Morgan fingerprint density at radius 1 is 0.483 bits per heavy atom. The van der Waals surface area contributed by atoms with Crippen LogP contribution < -0.4 is 25.5 Å². The highest BCUT2D eigenvalue weighted by Gasteiger charge is 2.48. The van der Waals surface area contributed by atoms with Crippen molar-refractivity contribution < 1.29 is 9.13 Å². The van der Waals surface area contributed by atoms with E-state index in [1.807, 2.05) is 72.9 Å². The van der Waals surface area contributed by atoms with Crippen LogP contribution in [0, 0.1) is 0 Å². The zero-order valence-electron chi connectivity index (χ0n) is 31.1. The number of rotatable bonds is 5. The van der Waals surface area contributed by atoms with Gasteiger partial charge in [-0.1, -0.05) is 127 Å². The lowest BCUT2D eigenvalue weighted by Gasteiger charge is -2.39. The second-order valence-electron chi connectivity index (χ2n) is 15.1. The number of nitrogens with zero attached hydrogens (tertiary/aromatic N) is 4. The van der Waals surface area contributed by atoms with Crippen LogP contribution in [-0.2, 0) is 0 Å². The number of benzene rings is 7. The van der Waals surface area contributed by atoms with E-state index in [0.717, 1.165) is 66.4 Å². The highest BCUT2D eigenvalue weighted by atomic mass is 28.3. The molecule has 7 aromatic carbocycles. The molecule has 0 aliphatic carbocycles. The molecule has 274 valence electrons. The molecule has 0 saturated carbocycles. The van der Waals surface area contributed by atoms with Gasteiger partial charge in [0.2, 0.25) is 0 Å². The molecule has 0 fully saturated rings. The van der Waals surface area contributed by atoms with Crippen LogP contribution in [0.25, 0.3) is 54.9 Å². The molecule has 0 amide bonds. The van der Waals surface area contributed by atoms with Crippen LogP contribution in [0.3, 0.4) is 0 Å². The van der Waals surface area contributed by atoms with E-state index in [1.165, 1.54) is 20.7 Å². The van der Waals surface area contributed by atoms with E-state index < -0.39 is 14.2 Å². The van der Waals surface area contributed by atoms with Gasteiger partial charge in [0, 0.05) is 46.2 Å². The number of hydrogen-bond acceptors (Lipinski definition) is 3. The first-order valence-corrected chi connectivity index (χ1v) is 21.5. The van der Waals surface area contributed by atoms with Crippen molar-refractivity contribution in [3.8, 4) is 17.3 Å². The average Bonchev–Trinajstić information content (AvgIpc) is 3.91. The Kier molecular flexibility index (Phi) is 7.12. The summed E-state index contributed by atoms with van der Waals surface area (Å²) in [5, 5.41) is 10.1. The molecule has 1 aliphatic rings. The Bertz CT molecular complexity index is 3360. The zero-order chi connectivity index (χ0) is 38.4. The lowest BCUT2D eigenvalue weighted by atomic mass is 9.97. The van der Waals surface area contributed by atoms with Crippen molar-refractivity contribution in [3.63, 3.8) is 0 Å². The Hall–Kier alpha value is -7.35. The Balaban J connectivity index is 1.10. The largest absolute Gasteiger partial charge is 0.457 e. The SMILES string of the molecule is FC(c1ccc2c3ccccc3n3ccnc3c2c1)c1ccc2c3cc4c(cc3n(-c3ccccn3)c2c1)Oc1ccccc1[Si]4(c1ccccc1)c1ccccc1. The van der Waals surface area contributed by atoms with E-state index in [9.17, 15) is 0 Å². The second kappa shape index (κ2) is 12.6. The van der Waals surface area contributed by atoms with E-state index in [1.54, 1.807) is 12.4 Å². The lowest BCUT2D eigenvalue weighted by molar-refractivity contribution is 0.402. The van der Waals surface area contributed by atoms with Crippen LogP contribution in [-0.4, -0.2) is 27.0 Å². The summed E-state index contributed by atoms with van der Waals surface area (Å²) in [7, 11) is -2.89. The third-order valence-electron chi connectivity index (χ3n) is 12.1. The van der Waals surface area contributed by atoms with Gasteiger partial charge in [-0.25, -0.2) is 14.4 Å². The molecule has 0 saturated heterocycles. The first-order valence-electron chi connectivity index (χ1n) is 19.5. The minimum absolute atomic E-state index is 0.567. The van der Waals surface area contributed by atoms with Gasteiger partial charge in [-0.3, -0.25) is 8.97 Å². The molecule has 0 radical (unpaired) electrons. The van der Waals surface area contributed by atoms with E-state index >= 15 is 4.39 Å². The van der Waals surface area contributed by atoms with E-state index in [4.69, 9.17) is 14.7 Å². The number of ether oxygens (including phenoxy) is 1. The smallest absolute Gasteiger partial charge is 0.188 e. The van der Waals surface area contributed by atoms with Gasteiger partial charge >= 0.3 is 0 Å². The molecule has 5 heterocycles. The number of fused-ring (bicyclic) bond motifs is 11.